The normalized spacial score (nSPS) is 12.8. The van der Waals surface area contributed by atoms with E-state index >= 15 is 0 Å². The summed E-state index contributed by atoms with van der Waals surface area (Å²) in [7, 11) is 2.05. The molecule has 0 fully saturated rings. The Morgan fingerprint density at radius 2 is 2.28 bits per heavy atom. The molecule has 2 rings (SSSR count). The Hall–Kier alpha value is -1.88. The highest BCUT2D eigenvalue weighted by molar-refractivity contribution is 5.27. The molecule has 0 aliphatic rings. The van der Waals surface area contributed by atoms with Gasteiger partial charge in [0.25, 0.3) is 0 Å². The van der Waals surface area contributed by atoms with Crippen LogP contribution in [0.3, 0.4) is 0 Å². The van der Waals surface area contributed by atoms with Crippen molar-refractivity contribution in [1.82, 2.24) is 15.0 Å². The molecular weight excluding hydrogens is 228 g/mol. The van der Waals surface area contributed by atoms with Crippen LogP contribution in [0.5, 0.6) is 0 Å². The van der Waals surface area contributed by atoms with Crippen molar-refractivity contribution >= 4 is 5.82 Å². The van der Waals surface area contributed by atoms with Crippen molar-refractivity contribution in [1.29, 1.82) is 0 Å². The summed E-state index contributed by atoms with van der Waals surface area (Å²) < 4.78 is 5.17. The minimum atomic E-state index is 0.151. The van der Waals surface area contributed by atoms with Gasteiger partial charge in [0.1, 0.15) is 0 Å². The topological polar surface area (TPSA) is 68.2 Å². The Balaban J connectivity index is 1.90. The maximum absolute atomic E-state index is 5.55. The molecule has 2 N–H and O–H groups in total. The second-order valence-corrected chi connectivity index (χ2v) is 4.38. The summed E-state index contributed by atoms with van der Waals surface area (Å²) in [6.45, 7) is 2.97. The van der Waals surface area contributed by atoms with Gasteiger partial charge in [-0.1, -0.05) is 11.2 Å². The number of pyridine rings is 1. The highest BCUT2D eigenvalue weighted by Gasteiger charge is 2.16. The van der Waals surface area contributed by atoms with Crippen molar-refractivity contribution in [2.75, 3.05) is 19.3 Å². The highest BCUT2D eigenvalue weighted by atomic mass is 16.5. The van der Waals surface area contributed by atoms with E-state index in [1.54, 1.807) is 6.07 Å². The molecule has 0 amide bonds. The Morgan fingerprint density at radius 1 is 1.44 bits per heavy atom. The molecule has 2 heterocycles. The summed E-state index contributed by atoms with van der Waals surface area (Å²) >= 11 is 0. The van der Waals surface area contributed by atoms with Crippen LogP contribution in [0.4, 0.5) is 5.82 Å². The van der Waals surface area contributed by atoms with E-state index in [2.05, 4.69) is 22.0 Å². The van der Waals surface area contributed by atoms with Crippen LogP contribution in [0.2, 0.25) is 0 Å². The first-order chi connectivity index (χ1) is 8.66. The van der Waals surface area contributed by atoms with E-state index in [4.69, 9.17) is 10.3 Å². The van der Waals surface area contributed by atoms with E-state index in [0.29, 0.717) is 5.82 Å². The molecule has 0 aliphatic heterocycles. The zero-order valence-corrected chi connectivity index (χ0v) is 10.7. The van der Waals surface area contributed by atoms with Gasteiger partial charge in [-0.2, -0.15) is 0 Å². The van der Waals surface area contributed by atoms with Crippen LogP contribution in [-0.2, 0) is 6.42 Å². The van der Waals surface area contributed by atoms with Crippen molar-refractivity contribution in [3.05, 3.63) is 41.9 Å². The molecule has 1 atom stereocenters. The van der Waals surface area contributed by atoms with Crippen molar-refractivity contribution in [3.8, 4) is 0 Å². The van der Waals surface area contributed by atoms with Gasteiger partial charge in [0.2, 0.25) is 0 Å². The van der Waals surface area contributed by atoms with Crippen LogP contribution >= 0.6 is 0 Å². The lowest BCUT2D eigenvalue weighted by atomic mass is 10.2. The van der Waals surface area contributed by atoms with Crippen molar-refractivity contribution in [2.24, 2.45) is 0 Å². The number of rotatable bonds is 5. The fraction of sp³-hybridized carbons (Fsp3) is 0.385. The summed E-state index contributed by atoms with van der Waals surface area (Å²) in [4.78, 5) is 6.49. The number of nitrogens with two attached hydrogens (primary N) is 1. The van der Waals surface area contributed by atoms with Crippen LogP contribution in [0.25, 0.3) is 0 Å². The lowest BCUT2D eigenvalue weighted by Crippen LogP contribution is -2.24. The van der Waals surface area contributed by atoms with Gasteiger partial charge in [-0.15, -0.1) is 0 Å². The SMILES string of the molecule is CC(c1cc(N)no1)N(C)CCc1ccccn1. The minimum absolute atomic E-state index is 0.151. The summed E-state index contributed by atoms with van der Waals surface area (Å²) in [5.41, 5.74) is 6.64. The standard InChI is InChI=1S/C13H18N4O/c1-10(12-9-13(14)16-18-12)17(2)8-6-11-5-3-4-7-15-11/h3-5,7,9-10H,6,8H2,1-2H3,(H2,14,16). The van der Waals surface area contributed by atoms with E-state index < -0.39 is 0 Å². The molecule has 18 heavy (non-hydrogen) atoms. The number of likely N-dealkylation sites (N-methyl/N-ethyl adjacent to an activating group) is 1. The number of anilines is 1. The van der Waals surface area contributed by atoms with Crippen LogP contribution < -0.4 is 5.73 Å². The quantitative estimate of drug-likeness (QED) is 0.872. The molecule has 2 aromatic rings. The third-order valence-electron chi connectivity index (χ3n) is 3.07. The third-order valence-corrected chi connectivity index (χ3v) is 3.07. The first kappa shape index (κ1) is 12.6. The molecule has 0 saturated heterocycles. The molecule has 0 aliphatic carbocycles. The summed E-state index contributed by atoms with van der Waals surface area (Å²) in [5, 5.41) is 3.70. The Kier molecular flexibility index (Phi) is 3.94. The van der Waals surface area contributed by atoms with Gasteiger partial charge >= 0.3 is 0 Å². The zero-order valence-electron chi connectivity index (χ0n) is 10.7. The first-order valence-electron chi connectivity index (χ1n) is 5.99. The Bertz CT molecular complexity index is 483. The van der Waals surface area contributed by atoms with Crippen LogP contribution in [0, 0.1) is 0 Å². The number of nitrogens with zero attached hydrogens (tertiary/aromatic N) is 3. The molecule has 0 aromatic carbocycles. The molecule has 5 nitrogen and oxygen atoms in total. The zero-order chi connectivity index (χ0) is 13.0. The summed E-state index contributed by atoms with van der Waals surface area (Å²) in [6, 6.07) is 7.88. The number of nitrogen functional groups attached to an aromatic ring is 1. The summed E-state index contributed by atoms with van der Waals surface area (Å²) in [6.07, 6.45) is 2.72. The van der Waals surface area contributed by atoms with E-state index in [0.717, 1.165) is 24.4 Å². The van der Waals surface area contributed by atoms with Gasteiger partial charge in [-0.3, -0.25) is 9.88 Å². The van der Waals surface area contributed by atoms with Gasteiger partial charge in [0, 0.05) is 30.9 Å². The van der Waals surface area contributed by atoms with Gasteiger partial charge in [-0.05, 0) is 26.1 Å². The molecule has 0 saturated carbocycles. The van der Waals surface area contributed by atoms with Crippen LogP contribution in [0.15, 0.2) is 35.0 Å². The average molecular weight is 246 g/mol. The molecule has 5 heteroatoms. The van der Waals surface area contributed by atoms with Gasteiger partial charge in [-0.25, -0.2) is 0 Å². The number of hydrogen-bond donors (Lipinski definition) is 1. The molecule has 0 bridgehead atoms. The highest BCUT2D eigenvalue weighted by Crippen LogP contribution is 2.20. The third kappa shape index (κ3) is 3.07. The van der Waals surface area contributed by atoms with E-state index in [-0.39, 0.29) is 6.04 Å². The van der Waals surface area contributed by atoms with Crippen LogP contribution in [-0.4, -0.2) is 28.6 Å². The van der Waals surface area contributed by atoms with Gasteiger partial charge in [0.05, 0.1) is 6.04 Å². The number of hydrogen-bond acceptors (Lipinski definition) is 5. The van der Waals surface area contributed by atoms with E-state index in [1.807, 2.05) is 31.4 Å². The fourth-order valence-electron chi connectivity index (χ4n) is 1.75. The molecular formula is C13H18N4O. The van der Waals surface area contributed by atoms with E-state index in [9.17, 15) is 0 Å². The average Bonchev–Trinajstić information content (AvgIpc) is 2.83. The predicted octanol–water partition coefficient (Wildman–Crippen LogP) is 1.89. The molecule has 0 spiro atoms. The molecule has 1 unspecified atom stereocenters. The minimum Gasteiger partial charge on any atom is -0.381 e. The van der Waals surface area contributed by atoms with Gasteiger partial charge < -0.3 is 10.3 Å². The molecule has 2 aromatic heterocycles. The second kappa shape index (κ2) is 5.64. The second-order valence-electron chi connectivity index (χ2n) is 4.38. The van der Waals surface area contributed by atoms with Gasteiger partial charge in [0.15, 0.2) is 11.6 Å². The summed E-state index contributed by atoms with van der Waals surface area (Å²) in [5.74, 6) is 1.21. The Morgan fingerprint density at radius 3 is 2.89 bits per heavy atom. The largest absolute Gasteiger partial charge is 0.381 e. The van der Waals surface area contributed by atoms with Crippen LogP contribution in [0.1, 0.15) is 24.4 Å². The smallest absolute Gasteiger partial charge is 0.167 e. The van der Waals surface area contributed by atoms with Crippen molar-refractivity contribution in [3.63, 3.8) is 0 Å². The monoisotopic (exact) mass is 246 g/mol. The fourth-order valence-corrected chi connectivity index (χ4v) is 1.75. The maximum atomic E-state index is 5.55. The molecule has 0 radical (unpaired) electrons. The molecule has 96 valence electrons. The van der Waals surface area contributed by atoms with Crippen molar-refractivity contribution in [2.45, 2.75) is 19.4 Å². The predicted molar refractivity (Wildman–Crippen MR) is 69.9 cm³/mol. The van der Waals surface area contributed by atoms with E-state index in [1.165, 1.54) is 0 Å². The Labute approximate surface area is 107 Å². The maximum Gasteiger partial charge on any atom is 0.167 e. The number of aromatic nitrogens is 2. The van der Waals surface area contributed by atoms with Crippen molar-refractivity contribution < 1.29 is 4.52 Å². The first-order valence-corrected chi connectivity index (χ1v) is 5.99. The lowest BCUT2D eigenvalue weighted by Gasteiger charge is -2.21. The lowest BCUT2D eigenvalue weighted by molar-refractivity contribution is 0.217.